The molecule has 9 heteroatoms. The Hall–Kier alpha value is -1.61. The summed E-state index contributed by atoms with van der Waals surface area (Å²) < 4.78 is 15.0. The lowest BCUT2D eigenvalue weighted by Crippen LogP contribution is -2.12. The minimum atomic E-state index is -0.985. The minimum absolute atomic E-state index is 0.181. The van der Waals surface area contributed by atoms with Crippen molar-refractivity contribution in [3.63, 3.8) is 0 Å². The van der Waals surface area contributed by atoms with Crippen molar-refractivity contribution >= 4 is 33.7 Å². The normalized spacial score (nSPS) is 10.6. The molecule has 0 atom stereocenters. The van der Waals surface area contributed by atoms with E-state index in [0.29, 0.717) is 10.0 Å². The molecular weight excluding hydrogens is 339 g/mol. The molecule has 0 aliphatic heterocycles. The molecule has 1 heterocycles. The van der Waals surface area contributed by atoms with Gasteiger partial charge in [0.1, 0.15) is 5.82 Å². The first-order valence-electron chi connectivity index (χ1n) is 4.99. The highest BCUT2D eigenvalue weighted by atomic mass is 79.9. The van der Waals surface area contributed by atoms with Crippen molar-refractivity contribution in [2.45, 2.75) is 5.16 Å². The number of aromatic nitrogens is 3. The standard InChI is InChI=1S/C10H8BrFN4O2S/c11-7-2-1-5(12)3-6(7)9-14-15-10(16(9)13)19-4-8(17)18/h1-3H,4,13H2,(H,17,18). The number of carbonyl (C=O) groups is 1. The van der Waals surface area contributed by atoms with Crippen LogP contribution < -0.4 is 5.84 Å². The minimum Gasteiger partial charge on any atom is -0.481 e. The Morgan fingerprint density at radius 3 is 2.95 bits per heavy atom. The fourth-order valence-corrected chi connectivity index (χ4v) is 2.35. The number of nitrogens with zero attached hydrogens (tertiary/aromatic N) is 3. The van der Waals surface area contributed by atoms with E-state index in [2.05, 4.69) is 26.1 Å². The van der Waals surface area contributed by atoms with Gasteiger partial charge < -0.3 is 10.9 Å². The van der Waals surface area contributed by atoms with Gasteiger partial charge in [0.2, 0.25) is 5.16 Å². The molecule has 1 aromatic heterocycles. The fourth-order valence-electron chi connectivity index (χ4n) is 1.35. The molecular formula is C10H8BrFN4O2S. The Morgan fingerprint density at radius 1 is 1.53 bits per heavy atom. The molecule has 0 saturated carbocycles. The molecule has 0 aliphatic carbocycles. The van der Waals surface area contributed by atoms with Crippen LogP contribution in [0.4, 0.5) is 4.39 Å². The molecule has 1 aromatic carbocycles. The maximum atomic E-state index is 13.2. The van der Waals surface area contributed by atoms with Crippen molar-refractivity contribution < 1.29 is 14.3 Å². The lowest BCUT2D eigenvalue weighted by molar-refractivity contribution is -0.133. The summed E-state index contributed by atoms with van der Waals surface area (Å²) in [5.41, 5.74) is 0.442. The Labute approximate surface area is 119 Å². The van der Waals surface area contributed by atoms with E-state index in [1.165, 1.54) is 18.2 Å². The van der Waals surface area contributed by atoms with Gasteiger partial charge in [-0.3, -0.25) is 4.79 Å². The third-order valence-corrected chi connectivity index (χ3v) is 3.78. The molecule has 0 fully saturated rings. The highest BCUT2D eigenvalue weighted by Gasteiger charge is 2.16. The van der Waals surface area contributed by atoms with E-state index in [9.17, 15) is 9.18 Å². The number of carboxylic acid groups (broad SMARTS) is 1. The number of rotatable bonds is 4. The zero-order valence-corrected chi connectivity index (χ0v) is 11.8. The summed E-state index contributed by atoms with van der Waals surface area (Å²) in [6.45, 7) is 0. The highest BCUT2D eigenvalue weighted by molar-refractivity contribution is 9.10. The van der Waals surface area contributed by atoms with Crippen molar-refractivity contribution in [1.82, 2.24) is 14.9 Å². The molecule has 0 unspecified atom stereocenters. The van der Waals surface area contributed by atoms with E-state index in [-0.39, 0.29) is 16.7 Å². The van der Waals surface area contributed by atoms with Gasteiger partial charge >= 0.3 is 5.97 Å². The number of hydrogen-bond acceptors (Lipinski definition) is 5. The number of nitrogen functional groups attached to an aromatic ring is 1. The van der Waals surface area contributed by atoms with Gasteiger partial charge in [-0.1, -0.05) is 27.7 Å². The number of thioether (sulfide) groups is 1. The van der Waals surface area contributed by atoms with Gasteiger partial charge in [-0.2, -0.15) is 0 Å². The molecule has 100 valence electrons. The van der Waals surface area contributed by atoms with Gasteiger partial charge in [-0.15, -0.1) is 10.2 Å². The van der Waals surface area contributed by atoms with Gasteiger partial charge in [0, 0.05) is 10.0 Å². The van der Waals surface area contributed by atoms with Crippen LogP contribution in [0.25, 0.3) is 11.4 Å². The third-order valence-electron chi connectivity index (χ3n) is 2.16. The van der Waals surface area contributed by atoms with E-state index in [1.807, 2.05) is 0 Å². The lowest BCUT2D eigenvalue weighted by Gasteiger charge is -2.05. The number of halogens is 2. The van der Waals surface area contributed by atoms with Gasteiger partial charge in [0.15, 0.2) is 5.82 Å². The summed E-state index contributed by atoms with van der Waals surface area (Å²) in [4.78, 5) is 10.5. The van der Waals surface area contributed by atoms with Crippen LogP contribution in [0, 0.1) is 5.82 Å². The summed E-state index contributed by atoms with van der Waals surface area (Å²) >= 11 is 4.20. The Morgan fingerprint density at radius 2 is 2.26 bits per heavy atom. The summed E-state index contributed by atoms with van der Waals surface area (Å²) in [5.74, 6) is 4.43. The molecule has 0 spiro atoms. The number of aliphatic carboxylic acids is 1. The summed E-state index contributed by atoms with van der Waals surface area (Å²) in [6, 6.07) is 4.09. The summed E-state index contributed by atoms with van der Waals surface area (Å²) in [7, 11) is 0. The predicted molar refractivity (Wildman–Crippen MR) is 71.6 cm³/mol. The van der Waals surface area contributed by atoms with Crippen LogP contribution in [0.1, 0.15) is 0 Å². The van der Waals surface area contributed by atoms with Gasteiger partial charge in [-0.25, -0.2) is 9.07 Å². The smallest absolute Gasteiger partial charge is 0.313 e. The predicted octanol–water partition coefficient (Wildman–Crippen LogP) is 1.74. The first-order valence-corrected chi connectivity index (χ1v) is 6.77. The van der Waals surface area contributed by atoms with Crippen LogP contribution in [0.2, 0.25) is 0 Å². The molecule has 0 bridgehead atoms. The van der Waals surface area contributed by atoms with Crippen LogP contribution in [0.15, 0.2) is 27.8 Å². The van der Waals surface area contributed by atoms with Crippen molar-refractivity contribution in [2.24, 2.45) is 0 Å². The zero-order chi connectivity index (χ0) is 14.0. The quantitative estimate of drug-likeness (QED) is 0.646. The molecule has 0 amide bonds. The van der Waals surface area contributed by atoms with Crippen molar-refractivity contribution in [2.75, 3.05) is 11.6 Å². The van der Waals surface area contributed by atoms with E-state index in [0.717, 1.165) is 16.4 Å². The van der Waals surface area contributed by atoms with Crippen LogP contribution in [0.5, 0.6) is 0 Å². The molecule has 0 aliphatic rings. The Kier molecular flexibility index (Phi) is 4.05. The van der Waals surface area contributed by atoms with Crippen molar-refractivity contribution in [3.05, 3.63) is 28.5 Å². The van der Waals surface area contributed by atoms with Crippen molar-refractivity contribution in [1.29, 1.82) is 0 Å². The van der Waals surface area contributed by atoms with E-state index in [4.69, 9.17) is 10.9 Å². The average Bonchev–Trinajstić information content (AvgIpc) is 2.71. The SMILES string of the molecule is Nn1c(SCC(=O)O)nnc1-c1cc(F)ccc1Br. The van der Waals surface area contributed by atoms with E-state index >= 15 is 0 Å². The summed E-state index contributed by atoms with van der Waals surface area (Å²) in [6.07, 6.45) is 0. The second-order valence-corrected chi connectivity index (χ2v) is 5.28. The number of hydrogen-bond donors (Lipinski definition) is 2. The molecule has 19 heavy (non-hydrogen) atoms. The van der Waals surface area contributed by atoms with Crippen LogP contribution >= 0.6 is 27.7 Å². The monoisotopic (exact) mass is 346 g/mol. The van der Waals surface area contributed by atoms with Crippen LogP contribution in [-0.2, 0) is 4.79 Å². The molecule has 6 nitrogen and oxygen atoms in total. The summed E-state index contributed by atoms with van der Waals surface area (Å²) in [5, 5.41) is 16.5. The largest absolute Gasteiger partial charge is 0.481 e. The first kappa shape index (κ1) is 13.8. The van der Waals surface area contributed by atoms with Crippen LogP contribution in [-0.4, -0.2) is 31.7 Å². The second kappa shape index (κ2) is 5.57. The van der Waals surface area contributed by atoms with Gasteiger partial charge in [0.25, 0.3) is 0 Å². The second-order valence-electron chi connectivity index (χ2n) is 3.48. The van der Waals surface area contributed by atoms with Crippen molar-refractivity contribution in [3.8, 4) is 11.4 Å². The molecule has 0 radical (unpaired) electrons. The van der Waals surface area contributed by atoms with Gasteiger partial charge in [-0.05, 0) is 18.2 Å². The van der Waals surface area contributed by atoms with E-state index in [1.54, 1.807) is 0 Å². The topological polar surface area (TPSA) is 94.0 Å². The molecule has 2 aromatic rings. The average molecular weight is 347 g/mol. The lowest BCUT2D eigenvalue weighted by atomic mass is 10.2. The molecule has 2 rings (SSSR count). The maximum absolute atomic E-state index is 13.2. The molecule has 3 N–H and O–H groups in total. The Balaban J connectivity index is 2.36. The van der Waals surface area contributed by atoms with E-state index < -0.39 is 11.8 Å². The maximum Gasteiger partial charge on any atom is 0.313 e. The zero-order valence-electron chi connectivity index (χ0n) is 9.38. The van der Waals surface area contributed by atoms with Crippen LogP contribution in [0.3, 0.4) is 0 Å². The number of carboxylic acids is 1. The van der Waals surface area contributed by atoms with Gasteiger partial charge in [0.05, 0.1) is 5.75 Å². The third kappa shape index (κ3) is 3.04. The first-order chi connectivity index (χ1) is 8.99. The highest BCUT2D eigenvalue weighted by Crippen LogP contribution is 2.28. The Bertz CT molecular complexity index is 634. The fraction of sp³-hybridized carbons (Fsp3) is 0.100. The molecule has 0 saturated heterocycles. The number of nitrogens with two attached hydrogens (primary N) is 1. The number of benzene rings is 1.